The molecule has 1 saturated heterocycles. The number of fused-ring (bicyclic) bond motifs is 1. The number of aromatic nitrogens is 1. The Hall–Kier alpha value is -1.37. The second-order valence-corrected chi connectivity index (χ2v) is 9.28. The minimum absolute atomic E-state index is 0.0406. The van der Waals surface area contributed by atoms with Crippen LogP contribution in [0, 0.1) is 5.92 Å². The van der Waals surface area contributed by atoms with Gasteiger partial charge in [-0.3, -0.25) is 4.79 Å². The number of nitrogens with one attached hydrogen (secondary N) is 1. The van der Waals surface area contributed by atoms with Crippen molar-refractivity contribution in [2.75, 3.05) is 19.8 Å². The zero-order valence-electron chi connectivity index (χ0n) is 16.3. The van der Waals surface area contributed by atoms with E-state index >= 15 is 0 Å². The summed E-state index contributed by atoms with van der Waals surface area (Å²) in [5.41, 5.74) is 0.761. The van der Waals surface area contributed by atoms with Crippen LogP contribution >= 0.6 is 15.9 Å². The molecule has 5 nitrogen and oxygen atoms in total. The van der Waals surface area contributed by atoms with Crippen molar-refractivity contribution in [1.82, 2.24) is 9.88 Å². The van der Waals surface area contributed by atoms with Crippen LogP contribution in [-0.2, 0) is 11.3 Å². The molecular formula is C22H29BrN2O3. The van der Waals surface area contributed by atoms with Crippen LogP contribution in [0.3, 0.4) is 0 Å². The summed E-state index contributed by atoms with van der Waals surface area (Å²) in [6.07, 6.45) is 10.9. The van der Waals surface area contributed by atoms with Gasteiger partial charge in [-0.15, -0.1) is 0 Å². The fourth-order valence-electron chi connectivity index (χ4n) is 4.50. The van der Waals surface area contributed by atoms with Crippen LogP contribution in [0.4, 0.5) is 0 Å². The van der Waals surface area contributed by atoms with Gasteiger partial charge in [0.2, 0.25) is 0 Å². The topological polar surface area (TPSA) is 63.5 Å². The molecule has 2 fully saturated rings. The Morgan fingerprint density at radius 1 is 1.25 bits per heavy atom. The molecule has 2 heterocycles. The first-order valence-corrected chi connectivity index (χ1v) is 11.2. The van der Waals surface area contributed by atoms with Crippen LogP contribution in [0.2, 0.25) is 0 Å². The maximum absolute atomic E-state index is 13.0. The molecule has 1 aromatic carbocycles. The first-order valence-electron chi connectivity index (χ1n) is 10.4. The predicted molar refractivity (Wildman–Crippen MR) is 114 cm³/mol. The Morgan fingerprint density at radius 2 is 2.00 bits per heavy atom. The van der Waals surface area contributed by atoms with Gasteiger partial charge in [-0.25, -0.2) is 0 Å². The monoisotopic (exact) mass is 448 g/mol. The molecule has 1 aliphatic heterocycles. The molecule has 1 aliphatic carbocycles. The summed E-state index contributed by atoms with van der Waals surface area (Å²) in [6.45, 7) is 1.82. The van der Waals surface area contributed by atoms with E-state index in [2.05, 4.69) is 21.2 Å². The second kappa shape index (κ2) is 8.56. The summed E-state index contributed by atoms with van der Waals surface area (Å²) in [6, 6.07) is 5.90. The van der Waals surface area contributed by atoms with Crippen molar-refractivity contribution in [2.45, 2.75) is 57.1 Å². The van der Waals surface area contributed by atoms with E-state index < -0.39 is 5.60 Å². The average molecular weight is 449 g/mol. The smallest absolute Gasteiger partial charge is 0.253 e. The molecule has 0 atom stereocenters. The molecule has 1 amide bonds. The molecule has 152 valence electrons. The molecule has 6 heteroatoms. The van der Waals surface area contributed by atoms with Gasteiger partial charge >= 0.3 is 0 Å². The number of aliphatic hydroxyl groups is 1. The summed E-state index contributed by atoms with van der Waals surface area (Å²) in [5, 5.41) is 14.5. The van der Waals surface area contributed by atoms with Gasteiger partial charge in [0.15, 0.2) is 0 Å². The van der Waals surface area contributed by atoms with Gasteiger partial charge in [0.25, 0.3) is 5.91 Å². The maximum atomic E-state index is 13.0. The molecule has 1 saturated carbocycles. The van der Waals surface area contributed by atoms with Gasteiger partial charge < -0.3 is 19.7 Å². The molecule has 2 aliphatic rings. The number of hydrogen-bond donors (Lipinski definition) is 2. The highest BCUT2D eigenvalue weighted by Crippen LogP contribution is 2.31. The number of nitrogens with zero attached hydrogens (tertiary/aromatic N) is 1. The number of ether oxygens (including phenoxy) is 1. The van der Waals surface area contributed by atoms with Crippen LogP contribution < -0.4 is 5.32 Å². The Bertz CT molecular complexity index is 836. The van der Waals surface area contributed by atoms with Crippen LogP contribution in [0.15, 0.2) is 28.9 Å². The van der Waals surface area contributed by atoms with Gasteiger partial charge in [0.1, 0.15) is 5.60 Å². The SMILES string of the molecule is O=C(NCCC1CCCCCC1)c1cn(CC2(O)COC2)c2cccc(Br)c12. The number of carbonyl (C=O) groups is 1. The van der Waals surface area contributed by atoms with Crippen LogP contribution in [0.25, 0.3) is 10.9 Å². The first kappa shape index (κ1) is 19.9. The van der Waals surface area contributed by atoms with Crippen molar-refractivity contribution >= 4 is 32.7 Å². The Balaban J connectivity index is 1.48. The zero-order chi connectivity index (χ0) is 19.6. The van der Waals surface area contributed by atoms with E-state index in [1.165, 1.54) is 38.5 Å². The molecule has 0 bridgehead atoms. The number of rotatable bonds is 6. The highest BCUT2D eigenvalue weighted by atomic mass is 79.9. The van der Waals surface area contributed by atoms with E-state index in [1.807, 2.05) is 29.0 Å². The van der Waals surface area contributed by atoms with Crippen LogP contribution in [0.1, 0.15) is 55.3 Å². The van der Waals surface area contributed by atoms with E-state index in [0.29, 0.717) is 25.3 Å². The Kier molecular flexibility index (Phi) is 6.09. The zero-order valence-corrected chi connectivity index (χ0v) is 17.8. The minimum Gasteiger partial charge on any atom is -0.383 e. The summed E-state index contributed by atoms with van der Waals surface area (Å²) < 4.78 is 8.04. The number of halogens is 1. The van der Waals surface area contributed by atoms with Crippen LogP contribution in [-0.4, -0.2) is 40.9 Å². The highest BCUT2D eigenvalue weighted by Gasteiger charge is 2.37. The third-order valence-corrected chi connectivity index (χ3v) is 6.78. The quantitative estimate of drug-likeness (QED) is 0.648. The van der Waals surface area contributed by atoms with Crippen molar-refractivity contribution in [3.63, 3.8) is 0 Å². The Labute approximate surface area is 174 Å². The van der Waals surface area contributed by atoms with Crippen molar-refractivity contribution in [3.8, 4) is 0 Å². The first-order chi connectivity index (χ1) is 13.6. The summed E-state index contributed by atoms with van der Waals surface area (Å²) in [5.74, 6) is 0.699. The summed E-state index contributed by atoms with van der Waals surface area (Å²) >= 11 is 3.60. The van der Waals surface area contributed by atoms with Gasteiger partial charge in [-0.1, -0.05) is 60.5 Å². The van der Waals surface area contributed by atoms with Crippen molar-refractivity contribution < 1.29 is 14.6 Å². The molecule has 0 spiro atoms. The average Bonchev–Trinajstić information content (AvgIpc) is 2.83. The lowest BCUT2D eigenvalue weighted by Gasteiger charge is -2.36. The standard InChI is InChI=1S/C22H29BrN2O3/c23-18-8-5-9-19-20(18)17(12-25(19)13-22(27)14-28-15-22)21(26)24-11-10-16-6-3-1-2-4-7-16/h5,8-9,12,16,27H,1-4,6-7,10-11,13-15H2,(H,24,26). The van der Waals surface area contributed by atoms with Crippen molar-refractivity contribution in [2.24, 2.45) is 5.92 Å². The van der Waals surface area contributed by atoms with E-state index in [0.717, 1.165) is 34.3 Å². The fourth-order valence-corrected chi connectivity index (χ4v) is 5.06. The van der Waals surface area contributed by atoms with Gasteiger partial charge in [0.05, 0.1) is 30.8 Å². The molecule has 2 aromatic rings. The molecule has 1 aromatic heterocycles. The summed E-state index contributed by atoms with van der Waals surface area (Å²) in [7, 11) is 0. The van der Waals surface area contributed by atoms with Crippen molar-refractivity contribution in [3.05, 3.63) is 34.4 Å². The van der Waals surface area contributed by atoms with Crippen molar-refractivity contribution in [1.29, 1.82) is 0 Å². The second-order valence-electron chi connectivity index (χ2n) is 8.42. The largest absolute Gasteiger partial charge is 0.383 e. The van der Waals surface area contributed by atoms with E-state index in [4.69, 9.17) is 4.74 Å². The lowest BCUT2D eigenvalue weighted by Crippen LogP contribution is -2.52. The van der Waals surface area contributed by atoms with Crippen LogP contribution in [0.5, 0.6) is 0 Å². The Morgan fingerprint density at radius 3 is 2.68 bits per heavy atom. The van der Waals surface area contributed by atoms with E-state index in [9.17, 15) is 9.90 Å². The van der Waals surface area contributed by atoms with E-state index in [1.54, 1.807) is 0 Å². The predicted octanol–water partition coefficient (Wildman–Crippen LogP) is 4.26. The molecular weight excluding hydrogens is 420 g/mol. The molecule has 28 heavy (non-hydrogen) atoms. The summed E-state index contributed by atoms with van der Waals surface area (Å²) in [4.78, 5) is 13.0. The molecule has 2 N–H and O–H groups in total. The lowest BCUT2D eigenvalue weighted by atomic mass is 9.97. The van der Waals surface area contributed by atoms with E-state index in [-0.39, 0.29) is 5.91 Å². The third kappa shape index (κ3) is 4.29. The highest BCUT2D eigenvalue weighted by molar-refractivity contribution is 9.10. The number of carbonyl (C=O) groups excluding carboxylic acids is 1. The number of hydrogen-bond acceptors (Lipinski definition) is 3. The number of benzene rings is 1. The molecule has 4 rings (SSSR count). The maximum Gasteiger partial charge on any atom is 0.253 e. The van der Waals surface area contributed by atoms with Gasteiger partial charge in [-0.2, -0.15) is 0 Å². The molecule has 0 radical (unpaired) electrons. The normalized spacial score (nSPS) is 19.9. The lowest BCUT2D eigenvalue weighted by molar-refractivity contribution is -0.184. The molecule has 0 unspecified atom stereocenters. The van der Waals surface area contributed by atoms with Gasteiger partial charge in [0, 0.05) is 22.6 Å². The fraction of sp³-hybridized carbons (Fsp3) is 0.591. The third-order valence-electron chi connectivity index (χ3n) is 6.12. The van der Waals surface area contributed by atoms with Gasteiger partial charge in [-0.05, 0) is 24.5 Å². The minimum atomic E-state index is -0.846. The number of amides is 1.